The summed E-state index contributed by atoms with van der Waals surface area (Å²) < 4.78 is 26.8. The molecule has 0 atom stereocenters. The summed E-state index contributed by atoms with van der Waals surface area (Å²) in [4.78, 5) is 0.215. The lowest BCUT2D eigenvalue weighted by atomic mass is 10.1. The maximum atomic E-state index is 12.8. The predicted octanol–water partition coefficient (Wildman–Crippen LogP) is 4.32. The number of halogens is 1. The second-order valence-electron chi connectivity index (χ2n) is 4.92. The Morgan fingerprint density at radius 1 is 0.864 bits per heavy atom. The van der Waals surface area contributed by atoms with E-state index in [0.717, 1.165) is 10.8 Å². The van der Waals surface area contributed by atoms with Crippen molar-refractivity contribution >= 4 is 38.1 Å². The first-order chi connectivity index (χ1) is 10.5. The van der Waals surface area contributed by atoms with Crippen molar-refractivity contribution in [3.05, 3.63) is 71.8 Å². The largest absolute Gasteiger partial charge is 0.269 e. The number of anilines is 1. The molecule has 0 fully saturated rings. The minimum atomic E-state index is -3.63. The van der Waals surface area contributed by atoms with Crippen LogP contribution in [-0.2, 0) is 10.0 Å². The fraction of sp³-hybridized carbons (Fsp3) is 0.0588. The van der Waals surface area contributed by atoms with E-state index in [-0.39, 0.29) is 4.90 Å². The second-order valence-corrected chi connectivity index (χ2v) is 7.33. The summed E-state index contributed by atoms with van der Waals surface area (Å²) in [6.07, 6.45) is 0. The summed E-state index contributed by atoms with van der Waals surface area (Å²) in [5, 5.41) is 2.40. The fourth-order valence-corrected chi connectivity index (χ4v) is 3.72. The lowest BCUT2D eigenvalue weighted by molar-refractivity contribution is 0.594. The van der Waals surface area contributed by atoms with Crippen LogP contribution < -0.4 is 4.31 Å². The summed E-state index contributed by atoms with van der Waals surface area (Å²) in [6, 6.07) is 19.5. The first-order valence-electron chi connectivity index (χ1n) is 6.72. The SMILES string of the molecule is CN(c1cccc2ccccc12)S(=O)(=O)c1ccc(Cl)cc1. The zero-order valence-corrected chi connectivity index (χ0v) is 13.5. The molecule has 0 aliphatic carbocycles. The van der Waals surface area contributed by atoms with Gasteiger partial charge in [-0.15, -0.1) is 0 Å². The van der Waals surface area contributed by atoms with Gasteiger partial charge in [-0.3, -0.25) is 4.31 Å². The van der Waals surface area contributed by atoms with E-state index in [4.69, 9.17) is 11.6 Å². The number of rotatable bonds is 3. The molecule has 0 aliphatic heterocycles. The highest BCUT2D eigenvalue weighted by molar-refractivity contribution is 7.92. The molecule has 0 bridgehead atoms. The number of fused-ring (bicyclic) bond motifs is 1. The molecule has 3 aromatic rings. The Balaban J connectivity index is 2.12. The third-order valence-corrected chi connectivity index (χ3v) is 5.62. The van der Waals surface area contributed by atoms with Gasteiger partial charge in [0, 0.05) is 17.5 Å². The number of hydrogen-bond donors (Lipinski definition) is 0. The molecular formula is C17H14ClNO2S. The van der Waals surface area contributed by atoms with Gasteiger partial charge in [0.05, 0.1) is 10.6 Å². The van der Waals surface area contributed by atoms with E-state index in [9.17, 15) is 8.42 Å². The molecule has 22 heavy (non-hydrogen) atoms. The number of sulfonamides is 1. The minimum Gasteiger partial charge on any atom is -0.269 e. The Bertz CT molecular complexity index is 916. The van der Waals surface area contributed by atoms with Crippen molar-refractivity contribution in [2.75, 3.05) is 11.4 Å². The Morgan fingerprint density at radius 2 is 1.50 bits per heavy atom. The van der Waals surface area contributed by atoms with E-state index in [1.54, 1.807) is 25.2 Å². The van der Waals surface area contributed by atoms with Crippen LogP contribution in [0.4, 0.5) is 5.69 Å². The van der Waals surface area contributed by atoms with Gasteiger partial charge >= 0.3 is 0 Å². The van der Waals surface area contributed by atoms with E-state index in [0.29, 0.717) is 10.7 Å². The molecule has 112 valence electrons. The van der Waals surface area contributed by atoms with Crippen LogP contribution in [0.1, 0.15) is 0 Å². The number of benzene rings is 3. The van der Waals surface area contributed by atoms with Crippen molar-refractivity contribution in [2.24, 2.45) is 0 Å². The molecule has 0 N–H and O–H groups in total. The summed E-state index contributed by atoms with van der Waals surface area (Å²) in [5.41, 5.74) is 0.646. The van der Waals surface area contributed by atoms with E-state index < -0.39 is 10.0 Å². The number of hydrogen-bond acceptors (Lipinski definition) is 2. The van der Waals surface area contributed by atoms with Crippen LogP contribution in [0.3, 0.4) is 0 Å². The molecule has 3 nitrogen and oxygen atoms in total. The Hall–Kier alpha value is -2.04. The molecule has 0 aliphatic rings. The average Bonchev–Trinajstić information content (AvgIpc) is 2.54. The monoisotopic (exact) mass is 331 g/mol. The summed E-state index contributed by atoms with van der Waals surface area (Å²) in [6.45, 7) is 0. The smallest absolute Gasteiger partial charge is 0.264 e. The molecule has 0 saturated heterocycles. The third kappa shape index (κ3) is 2.56. The molecule has 0 aromatic heterocycles. The molecular weight excluding hydrogens is 318 g/mol. The Morgan fingerprint density at radius 3 is 2.23 bits per heavy atom. The summed E-state index contributed by atoms with van der Waals surface area (Å²) in [7, 11) is -2.06. The van der Waals surface area contributed by atoms with Gasteiger partial charge in [0.25, 0.3) is 10.0 Å². The Labute approximate surface area is 134 Å². The highest BCUT2D eigenvalue weighted by Gasteiger charge is 2.22. The van der Waals surface area contributed by atoms with Gasteiger partial charge in [-0.2, -0.15) is 0 Å². The van der Waals surface area contributed by atoms with Crippen LogP contribution in [0.25, 0.3) is 10.8 Å². The molecule has 0 unspecified atom stereocenters. The van der Waals surface area contributed by atoms with Crippen molar-refractivity contribution in [2.45, 2.75) is 4.90 Å². The molecule has 0 radical (unpaired) electrons. The minimum absolute atomic E-state index is 0.215. The molecule has 3 rings (SSSR count). The van der Waals surface area contributed by atoms with Crippen LogP contribution in [0.2, 0.25) is 5.02 Å². The van der Waals surface area contributed by atoms with Gasteiger partial charge in [-0.1, -0.05) is 48.0 Å². The molecule has 5 heteroatoms. The fourth-order valence-electron chi connectivity index (χ4n) is 2.38. The molecule has 0 amide bonds. The van der Waals surface area contributed by atoms with E-state index in [1.807, 2.05) is 36.4 Å². The van der Waals surface area contributed by atoms with Crippen molar-refractivity contribution in [1.82, 2.24) is 0 Å². The van der Waals surface area contributed by atoms with Crippen LogP contribution in [0.5, 0.6) is 0 Å². The molecule has 0 heterocycles. The van der Waals surface area contributed by atoms with Gasteiger partial charge < -0.3 is 0 Å². The van der Waals surface area contributed by atoms with Gasteiger partial charge in [0.15, 0.2) is 0 Å². The van der Waals surface area contributed by atoms with Crippen LogP contribution in [-0.4, -0.2) is 15.5 Å². The first-order valence-corrected chi connectivity index (χ1v) is 8.54. The van der Waals surface area contributed by atoms with Crippen molar-refractivity contribution in [3.63, 3.8) is 0 Å². The maximum Gasteiger partial charge on any atom is 0.264 e. The van der Waals surface area contributed by atoms with Crippen LogP contribution in [0, 0.1) is 0 Å². The molecule has 0 spiro atoms. The predicted molar refractivity (Wildman–Crippen MR) is 91.0 cm³/mol. The average molecular weight is 332 g/mol. The van der Waals surface area contributed by atoms with Crippen LogP contribution >= 0.6 is 11.6 Å². The standard InChI is InChI=1S/C17H14ClNO2S/c1-19(22(20,21)15-11-9-14(18)10-12-15)17-8-4-6-13-5-2-3-7-16(13)17/h2-12H,1H3. The lowest BCUT2D eigenvalue weighted by Crippen LogP contribution is -2.26. The second kappa shape index (κ2) is 5.63. The zero-order valence-electron chi connectivity index (χ0n) is 11.9. The quantitative estimate of drug-likeness (QED) is 0.716. The number of nitrogens with zero attached hydrogens (tertiary/aromatic N) is 1. The normalized spacial score (nSPS) is 11.5. The summed E-state index contributed by atoms with van der Waals surface area (Å²) >= 11 is 5.83. The highest BCUT2D eigenvalue weighted by atomic mass is 35.5. The Kier molecular flexibility index (Phi) is 3.81. The van der Waals surface area contributed by atoms with Crippen molar-refractivity contribution in [1.29, 1.82) is 0 Å². The summed E-state index contributed by atoms with van der Waals surface area (Å²) in [5.74, 6) is 0. The topological polar surface area (TPSA) is 37.4 Å². The lowest BCUT2D eigenvalue weighted by Gasteiger charge is -2.21. The maximum absolute atomic E-state index is 12.8. The van der Waals surface area contributed by atoms with Gasteiger partial charge in [-0.25, -0.2) is 8.42 Å². The van der Waals surface area contributed by atoms with Gasteiger partial charge in [0.1, 0.15) is 0 Å². The van der Waals surface area contributed by atoms with Crippen LogP contribution in [0.15, 0.2) is 71.6 Å². The van der Waals surface area contributed by atoms with E-state index >= 15 is 0 Å². The van der Waals surface area contributed by atoms with Gasteiger partial charge in [0.2, 0.25) is 0 Å². The van der Waals surface area contributed by atoms with Crippen molar-refractivity contribution in [3.8, 4) is 0 Å². The zero-order chi connectivity index (χ0) is 15.7. The van der Waals surface area contributed by atoms with Crippen molar-refractivity contribution < 1.29 is 8.42 Å². The van der Waals surface area contributed by atoms with E-state index in [2.05, 4.69) is 0 Å². The molecule has 3 aromatic carbocycles. The third-order valence-electron chi connectivity index (χ3n) is 3.58. The van der Waals surface area contributed by atoms with Gasteiger partial charge in [-0.05, 0) is 35.7 Å². The highest BCUT2D eigenvalue weighted by Crippen LogP contribution is 2.30. The molecule has 0 saturated carbocycles. The van der Waals surface area contributed by atoms with E-state index in [1.165, 1.54) is 16.4 Å². The first kappa shape index (κ1) is 14.9.